The summed E-state index contributed by atoms with van der Waals surface area (Å²) in [6, 6.07) is 7.63. The highest BCUT2D eigenvalue weighted by atomic mass is 19.4. The number of ketones is 1. The SMILES string of the molecule is O=C(c1nnn(Cc2cc(C(F)(F)F)cc(C(F)(F)F)c2)c1-c1ccccc1)C(F)(F)F. The van der Waals surface area contributed by atoms with E-state index in [-0.39, 0.29) is 11.6 Å². The smallest absolute Gasteiger partial charge is 0.282 e. The Morgan fingerprint density at radius 2 is 1.34 bits per heavy atom. The number of hydrogen-bond acceptors (Lipinski definition) is 3. The van der Waals surface area contributed by atoms with Crippen molar-refractivity contribution >= 4 is 5.78 Å². The maximum absolute atomic E-state index is 13.1. The number of nitrogens with zero attached hydrogens (tertiary/aromatic N) is 3. The van der Waals surface area contributed by atoms with Crippen LogP contribution in [0.2, 0.25) is 0 Å². The first kappa shape index (κ1) is 23.3. The van der Waals surface area contributed by atoms with Crippen LogP contribution in [0, 0.1) is 0 Å². The summed E-state index contributed by atoms with van der Waals surface area (Å²) < 4.78 is 118. The Hall–Kier alpha value is -3.38. The molecule has 0 fully saturated rings. The highest BCUT2D eigenvalue weighted by molar-refractivity contribution is 6.03. The third-order valence-electron chi connectivity index (χ3n) is 4.23. The van der Waals surface area contributed by atoms with Crippen LogP contribution in [0.3, 0.4) is 0 Å². The summed E-state index contributed by atoms with van der Waals surface area (Å²) in [5, 5.41) is 6.59. The third kappa shape index (κ3) is 4.92. The molecule has 0 aliphatic heterocycles. The standard InChI is InChI=1S/C19H10F9N3O/c20-17(21,22)12-6-10(7-13(8-12)18(23,24)25)9-31-15(11-4-2-1-3-5-11)14(29-30-31)16(32)19(26,27)28/h1-8H,9H2. The molecule has 0 aliphatic carbocycles. The number of alkyl halides is 9. The molecule has 0 aliphatic rings. The first-order valence-electron chi connectivity index (χ1n) is 8.56. The molecule has 1 aromatic heterocycles. The molecule has 1 heterocycles. The van der Waals surface area contributed by atoms with E-state index in [2.05, 4.69) is 10.3 Å². The average molecular weight is 467 g/mol. The van der Waals surface area contributed by atoms with Crippen molar-refractivity contribution in [2.75, 3.05) is 0 Å². The molecule has 0 radical (unpaired) electrons. The van der Waals surface area contributed by atoms with Crippen LogP contribution in [0.15, 0.2) is 48.5 Å². The normalized spacial score (nSPS) is 12.8. The first-order valence-corrected chi connectivity index (χ1v) is 8.56. The molecule has 0 atom stereocenters. The summed E-state index contributed by atoms with van der Waals surface area (Å²) in [5.41, 5.74) is -5.38. The second-order valence-corrected chi connectivity index (χ2v) is 6.55. The van der Waals surface area contributed by atoms with Gasteiger partial charge >= 0.3 is 18.5 Å². The Bertz CT molecular complexity index is 1100. The molecule has 2 aromatic carbocycles. The lowest BCUT2D eigenvalue weighted by atomic mass is 10.0. The number of carbonyl (C=O) groups excluding carboxylic acids is 1. The Kier molecular flexibility index (Phi) is 5.78. The summed E-state index contributed by atoms with van der Waals surface area (Å²) >= 11 is 0. The zero-order chi connectivity index (χ0) is 23.9. The number of halogens is 9. The second-order valence-electron chi connectivity index (χ2n) is 6.55. The van der Waals surface area contributed by atoms with E-state index < -0.39 is 58.9 Å². The van der Waals surface area contributed by atoms with Gasteiger partial charge in [0.05, 0.1) is 17.7 Å². The van der Waals surface area contributed by atoms with Crippen molar-refractivity contribution in [1.82, 2.24) is 15.0 Å². The summed E-state index contributed by atoms with van der Waals surface area (Å²) in [5.74, 6) is -2.36. The molecule has 0 spiro atoms. The fourth-order valence-electron chi connectivity index (χ4n) is 2.88. The van der Waals surface area contributed by atoms with Crippen molar-refractivity contribution in [1.29, 1.82) is 0 Å². The van der Waals surface area contributed by atoms with Crippen LogP contribution >= 0.6 is 0 Å². The van der Waals surface area contributed by atoms with Crippen LogP contribution in [0.1, 0.15) is 27.2 Å². The zero-order valence-electron chi connectivity index (χ0n) is 15.5. The van der Waals surface area contributed by atoms with E-state index in [4.69, 9.17) is 0 Å². The van der Waals surface area contributed by atoms with Gasteiger partial charge < -0.3 is 0 Å². The number of Topliss-reactive ketones (excluding diaryl/α,β-unsaturated/α-hetero) is 1. The lowest BCUT2D eigenvalue weighted by Gasteiger charge is -2.15. The van der Waals surface area contributed by atoms with Gasteiger partial charge in [0.1, 0.15) is 5.69 Å². The molecule has 0 amide bonds. The van der Waals surface area contributed by atoms with Gasteiger partial charge in [0.25, 0.3) is 5.78 Å². The van der Waals surface area contributed by atoms with Gasteiger partial charge in [0.15, 0.2) is 5.69 Å². The van der Waals surface area contributed by atoms with Crippen LogP contribution in [0.25, 0.3) is 11.3 Å². The van der Waals surface area contributed by atoms with Crippen molar-refractivity contribution in [3.8, 4) is 11.3 Å². The second kappa shape index (κ2) is 7.95. The van der Waals surface area contributed by atoms with Gasteiger partial charge in [-0.3, -0.25) is 4.79 Å². The van der Waals surface area contributed by atoms with E-state index >= 15 is 0 Å². The van der Waals surface area contributed by atoms with E-state index in [1.165, 1.54) is 30.3 Å². The highest BCUT2D eigenvalue weighted by Crippen LogP contribution is 2.37. The van der Waals surface area contributed by atoms with Crippen molar-refractivity contribution in [3.05, 3.63) is 70.9 Å². The number of benzene rings is 2. The van der Waals surface area contributed by atoms with E-state index in [9.17, 15) is 44.3 Å². The number of hydrogen-bond donors (Lipinski definition) is 0. The molecule has 0 N–H and O–H groups in total. The summed E-state index contributed by atoms with van der Waals surface area (Å²) in [6.45, 7) is -0.810. The van der Waals surface area contributed by atoms with E-state index in [1.54, 1.807) is 0 Å². The minimum absolute atomic E-state index is 0.00752. The van der Waals surface area contributed by atoms with Crippen molar-refractivity contribution in [2.24, 2.45) is 0 Å². The molecule has 3 aromatic rings. The summed E-state index contributed by atoms with van der Waals surface area (Å²) in [7, 11) is 0. The van der Waals surface area contributed by atoms with Gasteiger partial charge in [-0.1, -0.05) is 35.5 Å². The first-order chi connectivity index (χ1) is 14.7. The Morgan fingerprint density at radius 1 is 0.812 bits per heavy atom. The maximum atomic E-state index is 13.1. The lowest BCUT2D eigenvalue weighted by Crippen LogP contribution is -2.24. The molecule has 4 nitrogen and oxygen atoms in total. The quantitative estimate of drug-likeness (QED) is 0.361. The molecule has 0 saturated carbocycles. The largest absolute Gasteiger partial charge is 0.456 e. The fourth-order valence-corrected chi connectivity index (χ4v) is 2.88. The monoisotopic (exact) mass is 467 g/mol. The molecule has 0 unspecified atom stereocenters. The zero-order valence-corrected chi connectivity index (χ0v) is 15.5. The maximum Gasteiger partial charge on any atom is 0.456 e. The van der Waals surface area contributed by atoms with Gasteiger partial charge in [0.2, 0.25) is 0 Å². The third-order valence-corrected chi connectivity index (χ3v) is 4.23. The number of carbonyl (C=O) groups is 1. The van der Waals surface area contributed by atoms with Gasteiger partial charge in [-0.05, 0) is 23.8 Å². The predicted molar refractivity (Wildman–Crippen MR) is 91.4 cm³/mol. The molecule has 3 rings (SSSR count). The molecule has 32 heavy (non-hydrogen) atoms. The van der Waals surface area contributed by atoms with Gasteiger partial charge in [-0.2, -0.15) is 39.5 Å². The average Bonchev–Trinajstić information content (AvgIpc) is 3.09. The van der Waals surface area contributed by atoms with Gasteiger partial charge in [0, 0.05) is 5.56 Å². The van der Waals surface area contributed by atoms with Gasteiger partial charge in [-0.15, -0.1) is 5.10 Å². The Morgan fingerprint density at radius 3 is 1.81 bits per heavy atom. The molecule has 0 saturated heterocycles. The Balaban J connectivity index is 2.16. The Labute approximate surface area is 173 Å². The minimum atomic E-state index is -5.33. The summed E-state index contributed by atoms with van der Waals surface area (Å²) in [6.07, 6.45) is -15.6. The van der Waals surface area contributed by atoms with Crippen LogP contribution in [0.5, 0.6) is 0 Å². The van der Waals surface area contributed by atoms with Crippen LogP contribution in [0.4, 0.5) is 39.5 Å². The molecular weight excluding hydrogens is 457 g/mol. The number of aromatic nitrogens is 3. The van der Waals surface area contributed by atoms with Crippen LogP contribution < -0.4 is 0 Å². The molecule has 170 valence electrons. The fraction of sp³-hybridized carbons (Fsp3) is 0.211. The predicted octanol–water partition coefficient (Wildman–Crippen LogP) is 5.78. The lowest BCUT2D eigenvalue weighted by molar-refractivity contribution is -0.143. The highest BCUT2D eigenvalue weighted by Gasteiger charge is 2.43. The minimum Gasteiger partial charge on any atom is -0.282 e. The molecule has 13 heteroatoms. The van der Waals surface area contributed by atoms with E-state index in [0.717, 1.165) is 0 Å². The van der Waals surface area contributed by atoms with Crippen LogP contribution in [-0.2, 0) is 18.9 Å². The molecular formula is C19H10F9N3O. The van der Waals surface area contributed by atoms with Crippen LogP contribution in [-0.4, -0.2) is 27.0 Å². The molecule has 0 bridgehead atoms. The van der Waals surface area contributed by atoms with Gasteiger partial charge in [-0.25, -0.2) is 4.68 Å². The van der Waals surface area contributed by atoms with E-state index in [0.29, 0.717) is 16.8 Å². The van der Waals surface area contributed by atoms with E-state index in [1.807, 2.05) is 0 Å². The summed E-state index contributed by atoms with van der Waals surface area (Å²) in [4.78, 5) is 11.8. The number of rotatable bonds is 4. The van der Waals surface area contributed by atoms with Crippen molar-refractivity contribution < 1.29 is 44.3 Å². The van der Waals surface area contributed by atoms with Crippen molar-refractivity contribution in [2.45, 2.75) is 25.1 Å². The topological polar surface area (TPSA) is 47.8 Å². The van der Waals surface area contributed by atoms with Crippen molar-refractivity contribution in [3.63, 3.8) is 0 Å².